The number of halogens is 1. The molecule has 3 heterocycles. The van der Waals surface area contributed by atoms with E-state index in [1.807, 2.05) is 0 Å². The average Bonchev–Trinajstić information content (AvgIpc) is 3.32. The van der Waals surface area contributed by atoms with Crippen LogP contribution >= 0.6 is 27.3 Å². The first kappa shape index (κ1) is 21.6. The van der Waals surface area contributed by atoms with Gasteiger partial charge in [0.15, 0.2) is 5.76 Å². The predicted molar refractivity (Wildman–Crippen MR) is 109 cm³/mol. The van der Waals surface area contributed by atoms with Gasteiger partial charge in [-0.1, -0.05) is 11.3 Å². The van der Waals surface area contributed by atoms with Crippen molar-refractivity contribution in [1.29, 1.82) is 0 Å². The molecule has 0 spiro atoms. The molecule has 0 atom stereocenters. The number of carbonyl (C=O) groups is 2. The van der Waals surface area contributed by atoms with Crippen LogP contribution in [-0.2, 0) is 9.53 Å². The number of amides is 2. The first-order valence-electron chi connectivity index (χ1n) is 8.31. The molecule has 0 saturated carbocycles. The number of rotatable bonds is 8. The van der Waals surface area contributed by atoms with Gasteiger partial charge in [0.05, 0.1) is 17.3 Å². The fraction of sp³-hybridized carbons (Fsp3) is 0.250. The number of carbonyl (C=O) groups excluding carboxylic acids is 2. The highest BCUT2D eigenvalue weighted by molar-refractivity contribution is 9.10. The zero-order chi connectivity index (χ0) is 21.7. The summed E-state index contributed by atoms with van der Waals surface area (Å²) >= 11 is 4.19. The normalized spacial score (nSPS) is 10.6. The van der Waals surface area contributed by atoms with E-state index in [1.165, 1.54) is 31.0 Å². The molecule has 12 nitrogen and oxygen atoms in total. The molecule has 2 N–H and O–H groups in total. The lowest BCUT2D eigenvalue weighted by atomic mass is 10.3. The number of ether oxygens (including phenoxy) is 2. The minimum atomic E-state index is -0.819. The summed E-state index contributed by atoms with van der Waals surface area (Å²) in [6.45, 7) is 1.79. The summed E-state index contributed by atoms with van der Waals surface area (Å²) in [7, 11) is 1.50. The molecule has 3 aromatic heterocycles. The standard InChI is InChI=1S/C16H15BrN6O6S/c1-8(24)19-11-3-4-18-23(11)16-22-21-15(30-16)20-13(25)10-7-9(17)12(14(26)29-10)28-6-5-27-2/h3-4,7H,5-6H2,1-2H3,(H,19,24)(H,20,21,25). The third-order valence-electron chi connectivity index (χ3n) is 3.38. The maximum Gasteiger partial charge on any atom is 0.380 e. The van der Waals surface area contributed by atoms with Crippen LogP contribution in [0.1, 0.15) is 17.5 Å². The second-order valence-corrected chi connectivity index (χ2v) is 7.38. The Labute approximate surface area is 181 Å². The molecule has 3 aromatic rings. The Bertz CT molecular complexity index is 1130. The molecule has 0 saturated heterocycles. The zero-order valence-electron chi connectivity index (χ0n) is 15.7. The van der Waals surface area contributed by atoms with Gasteiger partial charge in [0.25, 0.3) is 5.91 Å². The van der Waals surface area contributed by atoms with Crippen molar-refractivity contribution < 1.29 is 23.5 Å². The van der Waals surface area contributed by atoms with Crippen molar-refractivity contribution in [2.75, 3.05) is 31.0 Å². The minimum absolute atomic E-state index is 0.0639. The largest absolute Gasteiger partial charge is 0.483 e. The molecule has 30 heavy (non-hydrogen) atoms. The number of hydrogen-bond donors (Lipinski definition) is 2. The van der Waals surface area contributed by atoms with Crippen molar-refractivity contribution in [3.8, 4) is 10.9 Å². The SMILES string of the molecule is COCCOc1c(Br)cc(C(=O)Nc2nnc(-n3nccc3NC(C)=O)s2)oc1=O. The highest BCUT2D eigenvalue weighted by Gasteiger charge is 2.19. The van der Waals surface area contributed by atoms with Crippen molar-refractivity contribution in [2.45, 2.75) is 6.92 Å². The van der Waals surface area contributed by atoms with E-state index < -0.39 is 11.5 Å². The Balaban J connectivity index is 1.74. The number of nitrogens with zero attached hydrogens (tertiary/aromatic N) is 4. The van der Waals surface area contributed by atoms with Crippen LogP contribution in [0.4, 0.5) is 10.9 Å². The van der Waals surface area contributed by atoms with E-state index in [2.05, 4.69) is 41.9 Å². The second kappa shape index (κ2) is 9.60. The molecule has 0 unspecified atom stereocenters. The van der Waals surface area contributed by atoms with E-state index in [-0.39, 0.29) is 40.2 Å². The number of hydrogen-bond acceptors (Lipinski definition) is 10. The summed E-state index contributed by atoms with van der Waals surface area (Å²) < 4.78 is 16.8. The topological polar surface area (TPSA) is 150 Å². The summed E-state index contributed by atoms with van der Waals surface area (Å²) in [5.41, 5.74) is -0.819. The molecule has 0 fully saturated rings. The van der Waals surface area contributed by atoms with Gasteiger partial charge in [-0.25, -0.2) is 4.79 Å². The molecular weight excluding hydrogens is 484 g/mol. The third kappa shape index (κ3) is 5.08. The molecule has 0 aliphatic carbocycles. The summed E-state index contributed by atoms with van der Waals surface area (Å²) in [5, 5.41) is 17.4. The van der Waals surface area contributed by atoms with E-state index in [9.17, 15) is 14.4 Å². The smallest absolute Gasteiger partial charge is 0.380 e. The molecule has 14 heteroatoms. The Kier molecular flexibility index (Phi) is 6.91. The molecule has 2 amide bonds. The zero-order valence-corrected chi connectivity index (χ0v) is 18.1. The Morgan fingerprint density at radius 2 is 2.10 bits per heavy atom. The van der Waals surface area contributed by atoms with Gasteiger partial charge in [0, 0.05) is 26.2 Å². The highest BCUT2D eigenvalue weighted by atomic mass is 79.9. The molecule has 0 aliphatic rings. The summed E-state index contributed by atoms with van der Waals surface area (Å²) in [4.78, 5) is 35.8. The van der Waals surface area contributed by atoms with Crippen molar-refractivity contribution >= 4 is 50.0 Å². The van der Waals surface area contributed by atoms with Crippen LogP contribution < -0.4 is 21.0 Å². The van der Waals surface area contributed by atoms with E-state index in [0.29, 0.717) is 10.9 Å². The van der Waals surface area contributed by atoms with Crippen LogP contribution in [0.2, 0.25) is 0 Å². The molecule has 0 radical (unpaired) electrons. The highest BCUT2D eigenvalue weighted by Crippen LogP contribution is 2.24. The van der Waals surface area contributed by atoms with Crippen LogP contribution in [0.15, 0.2) is 32.0 Å². The average molecular weight is 499 g/mol. The first-order valence-corrected chi connectivity index (χ1v) is 9.92. The number of methoxy groups -OCH3 is 1. The molecule has 0 aromatic carbocycles. The Morgan fingerprint density at radius 1 is 1.30 bits per heavy atom. The van der Waals surface area contributed by atoms with Crippen molar-refractivity contribution in [3.05, 3.63) is 39.0 Å². The van der Waals surface area contributed by atoms with Crippen LogP contribution in [-0.4, -0.2) is 52.1 Å². The van der Waals surface area contributed by atoms with E-state index >= 15 is 0 Å². The lowest BCUT2D eigenvalue weighted by Crippen LogP contribution is -2.17. The van der Waals surface area contributed by atoms with Crippen molar-refractivity contribution in [1.82, 2.24) is 20.0 Å². The fourth-order valence-electron chi connectivity index (χ4n) is 2.16. The van der Waals surface area contributed by atoms with Crippen molar-refractivity contribution in [3.63, 3.8) is 0 Å². The van der Waals surface area contributed by atoms with E-state index in [1.54, 1.807) is 6.07 Å². The van der Waals surface area contributed by atoms with Gasteiger partial charge in [-0.05, 0) is 15.9 Å². The number of nitrogens with one attached hydrogen (secondary N) is 2. The fourth-order valence-corrected chi connectivity index (χ4v) is 3.36. The minimum Gasteiger partial charge on any atom is -0.483 e. The number of aromatic nitrogens is 4. The van der Waals surface area contributed by atoms with Crippen molar-refractivity contribution in [2.24, 2.45) is 0 Å². The Hall–Kier alpha value is -3.10. The van der Waals surface area contributed by atoms with Gasteiger partial charge in [0.2, 0.25) is 21.9 Å². The van der Waals surface area contributed by atoms with Gasteiger partial charge in [-0.15, -0.1) is 10.2 Å². The van der Waals surface area contributed by atoms with Crippen LogP contribution in [0, 0.1) is 0 Å². The maximum absolute atomic E-state index is 12.4. The van der Waals surface area contributed by atoms with E-state index in [4.69, 9.17) is 13.9 Å². The third-order valence-corrected chi connectivity index (χ3v) is 4.79. The summed E-state index contributed by atoms with van der Waals surface area (Å²) in [6.07, 6.45) is 1.48. The quantitative estimate of drug-likeness (QED) is 0.441. The molecule has 0 aliphatic heterocycles. The lowest BCUT2D eigenvalue weighted by Gasteiger charge is -2.07. The number of anilines is 2. The maximum atomic E-state index is 12.4. The first-order chi connectivity index (χ1) is 14.4. The van der Waals surface area contributed by atoms with Gasteiger partial charge in [-0.2, -0.15) is 9.78 Å². The van der Waals surface area contributed by atoms with Gasteiger partial charge >= 0.3 is 5.63 Å². The van der Waals surface area contributed by atoms with Gasteiger partial charge in [0.1, 0.15) is 12.4 Å². The van der Waals surface area contributed by atoms with Gasteiger partial charge < -0.3 is 19.2 Å². The summed E-state index contributed by atoms with van der Waals surface area (Å²) in [6, 6.07) is 2.90. The molecule has 3 rings (SSSR count). The van der Waals surface area contributed by atoms with E-state index in [0.717, 1.165) is 11.3 Å². The Morgan fingerprint density at radius 3 is 2.80 bits per heavy atom. The van der Waals surface area contributed by atoms with Crippen LogP contribution in [0.5, 0.6) is 5.75 Å². The monoisotopic (exact) mass is 498 g/mol. The molecule has 158 valence electrons. The predicted octanol–water partition coefficient (Wildman–Crippen LogP) is 1.68. The molecular formula is C16H15BrN6O6S. The molecule has 0 bridgehead atoms. The second-order valence-electron chi connectivity index (χ2n) is 5.57. The lowest BCUT2D eigenvalue weighted by molar-refractivity contribution is -0.114. The van der Waals surface area contributed by atoms with Gasteiger partial charge in [-0.3, -0.25) is 14.9 Å². The van der Waals surface area contributed by atoms with Crippen LogP contribution in [0.3, 0.4) is 0 Å². The van der Waals surface area contributed by atoms with Crippen LogP contribution in [0.25, 0.3) is 5.13 Å². The summed E-state index contributed by atoms with van der Waals surface area (Å²) in [5.74, 6) is -0.895.